The Bertz CT molecular complexity index is 766. The van der Waals surface area contributed by atoms with Crippen LogP contribution in [0.1, 0.15) is 38.5 Å². The zero-order valence-electron chi connectivity index (χ0n) is 13.7. The summed E-state index contributed by atoms with van der Waals surface area (Å²) in [5.74, 6) is -0.863. The van der Waals surface area contributed by atoms with Crippen LogP contribution < -0.4 is 10.1 Å². The van der Waals surface area contributed by atoms with Crippen LogP contribution in [-0.2, 0) is 9.59 Å². The van der Waals surface area contributed by atoms with Gasteiger partial charge in [0.1, 0.15) is 5.76 Å². The van der Waals surface area contributed by atoms with Crippen LogP contribution in [0.5, 0.6) is 5.75 Å². The monoisotopic (exact) mass is 331 g/mol. The second kappa shape index (κ2) is 6.55. The van der Waals surface area contributed by atoms with Crippen molar-refractivity contribution in [2.75, 3.05) is 6.61 Å². The number of furan rings is 1. The molecule has 6 heteroatoms. The first-order chi connectivity index (χ1) is 11.5. The van der Waals surface area contributed by atoms with E-state index in [0.29, 0.717) is 36.5 Å². The molecule has 128 valence electrons. The molecule has 1 fully saturated rings. The molecule has 1 amide bonds. The van der Waals surface area contributed by atoms with Gasteiger partial charge in [0.2, 0.25) is 5.91 Å². The molecule has 0 bridgehead atoms. The number of fused-ring (bicyclic) bond motifs is 1. The number of hydrogen-bond donors (Lipinski definition) is 2. The SMILES string of the molecule is CCOc1cccc2cc(C(C)NC(=O)C3CCC3C(=O)O)oc12. The number of carbonyl (C=O) groups excluding carboxylic acids is 1. The first kappa shape index (κ1) is 16.4. The predicted molar refractivity (Wildman–Crippen MR) is 87.8 cm³/mol. The van der Waals surface area contributed by atoms with Gasteiger partial charge in [-0.2, -0.15) is 0 Å². The number of hydrogen-bond acceptors (Lipinski definition) is 4. The highest BCUT2D eigenvalue weighted by Gasteiger charge is 2.41. The average Bonchev–Trinajstić information content (AvgIpc) is 2.90. The number of carboxylic acids is 1. The number of nitrogens with one attached hydrogen (secondary N) is 1. The normalized spacial score (nSPS) is 21.1. The minimum atomic E-state index is -0.904. The minimum absolute atomic E-state index is 0.230. The van der Waals surface area contributed by atoms with E-state index in [1.807, 2.05) is 38.1 Å². The summed E-state index contributed by atoms with van der Waals surface area (Å²) in [4.78, 5) is 23.3. The highest BCUT2D eigenvalue weighted by Crippen LogP contribution is 2.36. The Labute approximate surface area is 139 Å². The van der Waals surface area contributed by atoms with Gasteiger partial charge >= 0.3 is 5.97 Å². The number of amides is 1. The highest BCUT2D eigenvalue weighted by molar-refractivity contribution is 5.87. The van der Waals surface area contributed by atoms with E-state index in [1.165, 1.54) is 0 Å². The van der Waals surface area contributed by atoms with E-state index in [4.69, 9.17) is 14.3 Å². The number of ether oxygens (including phenoxy) is 1. The topological polar surface area (TPSA) is 88.8 Å². The maximum absolute atomic E-state index is 12.3. The van der Waals surface area contributed by atoms with Crippen LogP contribution >= 0.6 is 0 Å². The van der Waals surface area contributed by atoms with Gasteiger partial charge in [0.15, 0.2) is 11.3 Å². The standard InChI is InChI=1S/C18H21NO5/c1-3-23-14-6-4-5-11-9-15(24-16(11)14)10(2)19-17(20)12-7-8-13(12)18(21)22/h4-6,9-10,12-13H,3,7-8H2,1-2H3,(H,19,20)(H,21,22). The molecule has 3 unspecified atom stereocenters. The van der Waals surface area contributed by atoms with Gasteiger partial charge in [-0.15, -0.1) is 0 Å². The van der Waals surface area contributed by atoms with Gasteiger partial charge in [0.05, 0.1) is 24.5 Å². The van der Waals surface area contributed by atoms with Crippen molar-refractivity contribution in [2.45, 2.75) is 32.7 Å². The van der Waals surface area contributed by atoms with E-state index in [1.54, 1.807) is 0 Å². The van der Waals surface area contributed by atoms with Gasteiger partial charge in [-0.3, -0.25) is 9.59 Å². The number of aliphatic carboxylic acids is 1. The lowest BCUT2D eigenvalue weighted by molar-refractivity contribution is -0.153. The summed E-state index contributed by atoms with van der Waals surface area (Å²) in [6.07, 6.45) is 1.17. The fourth-order valence-corrected chi connectivity index (χ4v) is 3.04. The van der Waals surface area contributed by atoms with Crippen LogP contribution in [0, 0.1) is 11.8 Å². The van der Waals surface area contributed by atoms with E-state index in [-0.39, 0.29) is 11.9 Å². The van der Waals surface area contributed by atoms with Gasteiger partial charge < -0.3 is 19.6 Å². The third kappa shape index (κ3) is 2.96. The zero-order valence-corrected chi connectivity index (χ0v) is 13.7. The third-order valence-corrected chi connectivity index (χ3v) is 4.54. The number of para-hydroxylation sites is 1. The molecule has 1 aromatic carbocycles. The Morgan fingerprint density at radius 1 is 1.38 bits per heavy atom. The summed E-state index contributed by atoms with van der Waals surface area (Å²) >= 11 is 0. The summed E-state index contributed by atoms with van der Waals surface area (Å²) < 4.78 is 11.4. The third-order valence-electron chi connectivity index (χ3n) is 4.54. The fraction of sp³-hybridized carbons (Fsp3) is 0.444. The highest BCUT2D eigenvalue weighted by atomic mass is 16.5. The van der Waals surface area contributed by atoms with E-state index < -0.39 is 17.8 Å². The van der Waals surface area contributed by atoms with Crippen molar-refractivity contribution in [3.63, 3.8) is 0 Å². The second-order valence-corrected chi connectivity index (χ2v) is 6.12. The summed E-state index contributed by atoms with van der Waals surface area (Å²) in [6, 6.07) is 7.19. The number of carbonyl (C=O) groups is 2. The molecule has 6 nitrogen and oxygen atoms in total. The minimum Gasteiger partial charge on any atom is -0.490 e. The van der Waals surface area contributed by atoms with Crippen molar-refractivity contribution < 1.29 is 23.8 Å². The first-order valence-electron chi connectivity index (χ1n) is 8.19. The van der Waals surface area contributed by atoms with Crippen LogP contribution in [0.15, 0.2) is 28.7 Å². The molecule has 3 atom stereocenters. The van der Waals surface area contributed by atoms with Gasteiger partial charge in [-0.25, -0.2) is 0 Å². The molecule has 2 aromatic rings. The molecule has 24 heavy (non-hydrogen) atoms. The molecule has 1 saturated carbocycles. The molecule has 0 spiro atoms. The summed E-state index contributed by atoms with van der Waals surface area (Å²) in [6.45, 7) is 4.27. The molecule has 0 aliphatic heterocycles. The van der Waals surface area contributed by atoms with Crippen molar-refractivity contribution >= 4 is 22.8 Å². The van der Waals surface area contributed by atoms with E-state index in [0.717, 1.165) is 5.39 Å². The summed E-state index contributed by atoms with van der Waals surface area (Å²) in [5.41, 5.74) is 0.655. The number of rotatable bonds is 6. The van der Waals surface area contributed by atoms with Crippen molar-refractivity contribution in [1.82, 2.24) is 5.32 Å². The molecule has 1 aromatic heterocycles. The summed E-state index contributed by atoms with van der Waals surface area (Å²) in [7, 11) is 0. The summed E-state index contributed by atoms with van der Waals surface area (Å²) in [5, 5.41) is 12.8. The van der Waals surface area contributed by atoms with E-state index in [2.05, 4.69) is 5.32 Å². The quantitative estimate of drug-likeness (QED) is 0.849. The van der Waals surface area contributed by atoms with Crippen LogP contribution in [-0.4, -0.2) is 23.6 Å². The lowest BCUT2D eigenvalue weighted by Gasteiger charge is -2.32. The molecule has 1 aliphatic rings. The maximum atomic E-state index is 12.3. The Morgan fingerprint density at radius 2 is 2.12 bits per heavy atom. The molecule has 3 rings (SSSR count). The van der Waals surface area contributed by atoms with Gasteiger partial charge in [0.25, 0.3) is 0 Å². The number of benzene rings is 1. The van der Waals surface area contributed by atoms with Crippen molar-refractivity contribution in [3.8, 4) is 5.75 Å². The Balaban J connectivity index is 1.74. The second-order valence-electron chi connectivity index (χ2n) is 6.12. The fourth-order valence-electron chi connectivity index (χ4n) is 3.04. The Kier molecular flexibility index (Phi) is 4.46. The van der Waals surface area contributed by atoms with Crippen LogP contribution in [0.2, 0.25) is 0 Å². The van der Waals surface area contributed by atoms with Gasteiger partial charge in [-0.1, -0.05) is 12.1 Å². The molecule has 1 heterocycles. The number of carboxylic acid groups (broad SMARTS) is 1. The van der Waals surface area contributed by atoms with Crippen molar-refractivity contribution in [1.29, 1.82) is 0 Å². The van der Waals surface area contributed by atoms with E-state index >= 15 is 0 Å². The van der Waals surface area contributed by atoms with E-state index in [9.17, 15) is 9.59 Å². The Hall–Kier alpha value is -2.50. The first-order valence-corrected chi connectivity index (χ1v) is 8.19. The molecule has 0 saturated heterocycles. The average molecular weight is 331 g/mol. The molecule has 0 radical (unpaired) electrons. The lowest BCUT2D eigenvalue weighted by atomic mass is 9.73. The molecular weight excluding hydrogens is 310 g/mol. The zero-order chi connectivity index (χ0) is 17.3. The predicted octanol–water partition coefficient (Wildman–Crippen LogP) is 3.12. The van der Waals surface area contributed by atoms with Gasteiger partial charge in [0, 0.05) is 5.39 Å². The molecule has 1 aliphatic carbocycles. The van der Waals surface area contributed by atoms with Crippen molar-refractivity contribution in [2.24, 2.45) is 11.8 Å². The Morgan fingerprint density at radius 3 is 2.75 bits per heavy atom. The van der Waals surface area contributed by atoms with Crippen LogP contribution in [0.3, 0.4) is 0 Å². The van der Waals surface area contributed by atoms with Crippen LogP contribution in [0.25, 0.3) is 11.0 Å². The molecular formula is C18H21NO5. The maximum Gasteiger partial charge on any atom is 0.307 e. The van der Waals surface area contributed by atoms with Crippen LogP contribution in [0.4, 0.5) is 0 Å². The van der Waals surface area contributed by atoms with Crippen molar-refractivity contribution in [3.05, 3.63) is 30.0 Å². The van der Waals surface area contributed by atoms with Gasteiger partial charge in [-0.05, 0) is 38.8 Å². The smallest absolute Gasteiger partial charge is 0.307 e. The largest absolute Gasteiger partial charge is 0.490 e. The lowest BCUT2D eigenvalue weighted by Crippen LogP contribution is -2.44. The molecule has 2 N–H and O–H groups in total.